The molecule has 1 aromatic rings. The van der Waals surface area contributed by atoms with Crippen LogP contribution >= 0.6 is 11.8 Å². The summed E-state index contributed by atoms with van der Waals surface area (Å²) in [5, 5.41) is 12.5. The summed E-state index contributed by atoms with van der Waals surface area (Å²) in [6.07, 6.45) is 4.57. The minimum atomic E-state index is -0.0308. The molecule has 1 rings (SSSR count). The van der Waals surface area contributed by atoms with Gasteiger partial charge >= 0.3 is 0 Å². The lowest BCUT2D eigenvalue weighted by atomic mass is 10.0. The normalized spacial score (nSPS) is 12.0. The molecule has 0 saturated carbocycles. The molecule has 0 saturated heterocycles. The molecule has 0 spiro atoms. The summed E-state index contributed by atoms with van der Waals surface area (Å²) < 4.78 is 0. The smallest absolute Gasteiger partial charge is 0.0837 e. The molecule has 0 fully saturated rings. The van der Waals surface area contributed by atoms with Gasteiger partial charge in [-0.25, -0.2) is 0 Å². The molecule has 3 heteroatoms. The molecule has 1 N–H and O–H groups in total. The predicted molar refractivity (Wildman–Crippen MR) is 75.3 cm³/mol. The summed E-state index contributed by atoms with van der Waals surface area (Å²) in [6, 6.07) is 12.3. The molecule has 1 atom stereocenters. The van der Waals surface area contributed by atoms with Crippen molar-refractivity contribution in [1.82, 2.24) is 5.32 Å². The summed E-state index contributed by atoms with van der Waals surface area (Å²) in [5.41, 5.74) is 1.10. The van der Waals surface area contributed by atoms with Crippen LogP contribution in [0.5, 0.6) is 0 Å². The molecule has 0 aliphatic rings. The van der Waals surface area contributed by atoms with Crippen molar-refractivity contribution in [2.24, 2.45) is 0 Å². The molecule has 0 bridgehead atoms. The van der Waals surface area contributed by atoms with Crippen LogP contribution in [0.1, 0.15) is 24.3 Å². The second-order valence-electron chi connectivity index (χ2n) is 4.00. The minimum Gasteiger partial charge on any atom is -0.315 e. The third kappa shape index (κ3) is 5.76. The molecule has 0 amide bonds. The predicted octanol–water partition coefficient (Wildman–Crippen LogP) is 3.03. The van der Waals surface area contributed by atoms with Gasteiger partial charge in [0.15, 0.2) is 0 Å². The SMILES string of the molecule is CSCCCCNCC(C#N)c1ccccc1. The highest BCUT2D eigenvalue weighted by Crippen LogP contribution is 2.13. The highest BCUT2D eigenvalue weighted by Gasteiger charge is 2.08. The molecule has 17 heavy (non-hydrogen) atoms. The molecule has 0 radical (unpaired) electrons. The lowest BCUT2D eigenvalue weighted by Crippen LogP contribution is -2.22. The second-order valence-corrected chi connectivity index (χ2v) is 4.98. The van der Waals surface area contributed by atoms with Gasteiger partial charge < -0.3 is 5.32 Å². The largest absolute Gasteiger partial charge is 0.315 e. The maximum absolute atomic E-state index is 9.13. The standard InChI is InChI=1S/C14H20N2S/c1-17-10-6-5-9-16-12-14(11-15)13-7-3-2-4-8-13/h2-4,7-8,14,16H,5-6,9-10,12H2,1H3. The highest BCUT2D eigenvalue weighted by atomic mass is 32.2. The average Bonchev–Trinajstić information content (AvgIpc) is 2.39. The van der Waals surface area contributed by atoms with Crippen LogP contribution in [0.25, 0.3) is 0 Å². The van der Waals surface area contributed by atoms with Gasteiger partial charge in [-0.15, -0.1) is 0 Å². The van der Waals surface area contributed by atoms with Crippen LogP contribution in [0.4, 0.5) is 0 Å². The maximum Gasteiger partial charge on any atom is 0.0837 e. The molecule has 0 aliphatic heterocycles. The van der Waals surface area contributed by atoms with E-state index in [9.17, 15) is 0 Å². The number of benzene rings is 1. The molecular formula is C14H20N2S. The van der Waals surface area contributed by atoms with E-state index in [0.717, 1.165) is 18.7 Å². The third-order valence-electron chi connectivity index (χ3n) is 2.66. The van der Waals surface area contributed by atoms with Crippen molar-refractivity contribution in [3.63, 3.8) is 0 Å². The molecule has 0 heterocycles. The number of hydrogen-bond acceptors (Lipinski definition) is 3. The van der Waals surface area contributed by atoms with Crippen LogP contribution in [-0.2, 0) is 0 Å². The summed E-state index contributed by atoms with van der Waals surface area (Å²) in [5.74, 6) is 1.19. The third-order valence-corrected chi connectivity index (χ3v) is 3.36. The van der Waals surface area contributed by atoms with Crippen LogP contribution < -0.4 is 5.32 Å². The fraction of sp³-hybridized carbons (Fsp3) is 0.500. The van der Waals surface area contributed by atoms with Crippen LogP contribution in [-0.4, -0.2) is 25.1 Å². The topological polar surface area (TPSA) is 35.8 Å². The Morgan fingerprint density at radius 2 is 2.06 bits per heavy atom. The van der Waals surface area contributed by atoms with Gasteiger partial charge in [-0.05, 0) is 37.0 Å². The van der Waals surface area contributed by atoms with E-state index in [1.165, 1.54) is 18.6 Å². The van der Waals surface area contributed by atoms with E-state index in [1.807, 2.05) is 42.1 Å². The molecule has 1 unspecified atom stereocenters. The molecule has 1 aromatic carbocycles. The number of nitrogens with zero attached hydrogens (tertiary/aromatic N) is 1. The lowest BCUT2D eigenvalue weighted by molar-refractivity contribution is 0.619. The Bertz CT molecular complexity index is 332. The van der Waals surface area contributed by atoms with Gasteiger partial charge in [-0.2, -0.15) is 17.0 Å². The Morgan fingerprint density at radius 1 is 1.29 bits per heavy atom. The maximum atomic E-state index is 9.13. The second kappa shape index (κ2) is 9.09. The van der Waals surface area contributed by atoms with E-state index in [-0.39, 0.29) is 5.92 Å². The van der Waals surface area contributed by atoms with Crippen molar-refractivity contribution in [2.45, 2.75) is 18.8 Å². The van der Waals surface area contributed by atoms with E-state index >= 15 is 0 Å². The fourth-order valence-corrected chi connectivity index (χ4v) is 2.16. The quantitative estimate of drug-likeness (QED) is 0.718. The van der Waals surface area contributed by atoms with Gasteiger partial charge in [0.1, 0.15) is 0 Å². The summed E-state index contributed by atoms with van der Waals surface area (Å²) in [4.78, 5) is 0. The first kappa shape index (κ1) is 14.1. The fourth-order valence-electron chi connectivity index (χ4n) is 1.67. The molecule has 0 aromatic heterocycles. The van der Waals surface area contributed by atoms with Gasteiger partial charge in [-0.3, -0.25) is 0 Å². The first-order chi connectivity index (χ1) is 8.38. The summed E-state index contributed by atoms with van der Waals surface area (Å²) in [6.45, 7) is 1.76. The first-order valence-electron chi connectivity index (χ1n) is 6.02. The van der Waals surface area contributed by atoms with Gasteiger partial charge in [0, 0.05) is 6.54 Å². The first-order valence-corrected chi connectivity index (χ1v) is 7.42. The monoisotopic (exact) mass is 248 g/mol. The highest BCUT2D eigenvalue weighted by molar-refractivity contribution is 7.98. The Hall–Kier alpha value is -0.980. The van der Waals surface area contributed by atoms with E-state index < -0.39 is 0 Å². The van der Waals surface area contributed by atoms with Crippen molar-refractivity contribution in [2.75, 3.05) is 25.1 Å². The van der Waals surface area contributed by atoms with Gasteiger partial charge in [0.2, 0.25) is 0 Å². The molecule has 0 aliphatic carbocycles. The Kier molecular flexibility index (Phi) is 7.53. The summed E-state index contributed by atoms with van der Waals surface area (Å²) in [7, 11) is 0. The summed E-state index contributed by atoms with van der Waals surface area (Å²) >= 11 is 1.89. The van der Waals surface area contributed by atoms with Gasteiger partial charge in [0.25, 0.3) is 0 Å². The van der Waals surface area contributed by atoms with Crippen molar-refractivity contribution in [3.05, 3.63) is 35.9 Å². The van der Waals surface area contributed by atoms with Crippen molar-refractivity contribution in [1.29, 1.82) is 5.26 Å². The molecule has 92 valence electrons. The van der Waals surface area contributed by atoms with E-state index in [4.69, 9.17) is 5.26 Å². The molecular weight excluding hydrogens is 228 g/mol. The lowest BCUT2D eigenvalue weighted by Gasteiger charge is -2.10. The Morgan fingerprint density at radius 3 is 2.71 bits per heavy atom. The number of nitrogens with one attached hydrogen (secondary N) is 1. The van der Waals surface area contributed by atoms with Gasteiger partial charge in [-0.1, -0.05) is 30.3 Å². The average molecular weight is 248 g/mol. The van der Waals surface area contributed by atoms with Crippen molar-refractivity contribution in [3.8, 4) is 6.07 Å². The van der Waals surface area contributed by atoms with Crippen LogP contribution in [0, 0.1) is 11.3 Å². The minimum absolute atomic E-state index is 0.0308. The van der Waals surface area contributed by atoms with Crippen molar-refractivity contribution >= 4 is 11.8 Å². The van der Waals surface area contributed by atoms with Crippen LogP contribution in [0.15, 0.2) is 30.3 Å². The Labute approximate surface area is 108 Å². The zero-order valence-electron chi connectivity index (χ0n) is 10.4. The number of rotatable bonds is 8. The Balaban J connectivity index is 2.23. The van der Waals surface area contributed by atoms with Crippen LogP contribution in [0.3, 0.4) is 0 Å². The van der Waals surface area contributed by atoms with Crippen LogP contribution in [0.2, 0.25) is 0 Å². The number of thioether (sulfide) groups is 1. The number of unbranched alkanes of at least 4 members (excludes halogenated alkanes) is 1. The zero-order chi connectivity index (χ0) is 12.3. The number of hydrogen-bond donors (Lipinski definition) is 1. The van der Waals surface area contributed by atoms with Gasteiger partial charge in [0.05, 0.1) is 12.0 Å². The van der Waals surface area contributed by atoms with Crippen molar-refractivity contribution < 1.29 is 0 Å². The molecule has 2 nitrogen and oxygen atoms in total. The van der Waals surface area contributed by atoms with E-state index in [1.54, 1.807) is 0 Å². The van der Waals surface area contributed by atoms with E-state index in [0.29, 0.717) is 0 Å². The number of nitriles is 1. The van der Waals surface area contributed by atoms with E-state index in [2.05, 4.69) is 17.6 Å². The zero-order valence-corrected chi connectivity index (χ0v) is 11.2.